The van der Waals surface area contributed by atoms with Gasteiger partial charge in [0.05, 0.1) is 11.3 Å². The molecule has 2 aromatic carbocycles. The van der Waals surface area contributed by atoms with Crippen LogP contribution < -0.4 is 0 Å². The van der Waals surface area contributed by atoms with E-state index >= 15 is 0 Å². The van der Waals surface area contributed by atoms with E-state index in [1.807, 2.05) is 30.3 Å². The number of hydrogen-bond donors (Lipinski definition) is 0. The lowest BCUT2D eigenvalue weighted by atomic mass is 10.2. The molecular weight excluding hydrogens is 388 g/mol. The summed E-state index contributed by atoms with van der Waals surface area (Å²) >= 11 is 1.27. The van der Waals surface area contributed by atoms with Crippen molar-refractivity contribution in [3.05, 3.63) is 65.7 Å². The summed E-state index contributed by atoms with van der Waals surface area (Å²) in [4.78, 5) is 40.7. The SMILES string of the molecule is C[C@@H](OC(=O)c1ccccc1SCC(=O)N(C)C)C(=O)N(C)Cc1ccccc1. The second-order valence-corrected chi connectivity index (χ2v) is 7.82. The molecule has 0 radical (unpaired) electrons. The maximum Gasteiger partial charge on any atom is 0.340 e. The third kappa shape index (κ3) is 6.64. The summed E-state index contributed by atoms with van der Waals surface area (Å²) < 4.78 is 5.41. The minimum absolute atomic E-state index is 0.0516. The Balaban J connectivity index is 2.00. The van der Waals surface area contributed by atoms with Gasteiger partial charge < -0.3 is 14.5 Å². The van der Waals surface area contributed by atoms with Crippen LogP contribution in [-0.2, 0) is 20.9 Å². The Morgan fingerprint density at radius 3 is 2.24 bits per heavy atom. The van der Waals surface area contributed by atoms with E-state index in [0.29, 0.717) is 17.0 Å². The Morgan fingerprint density at radius 2 is 1.59 bits per heavy atom. The summed E-state index contributed by atoms with van der Waals surface area (Å²) in [7, 11) is 5.04. The normalized spacial score (nSPS) is 11.4. The zero-order valence-electron chi connectivity index (χ0n) is 17.1. The number of amides is 2. The second kappa shape index (κ2) is 10.7. The molecule has 154 valence electrons. The van der Waals surface area contributed by atoms with Gasteiger partial charge in [-0.05, 0) is 24.6 Å². The Labute approximate surface area is 175 Å². The van der Waals surface area contributed by atoms with Crippen molar-refractivity contribution in [2.75, 3.05) is 26.9 Å². The Hall–Kier alpha value is -2.80. The van der Waals surface area contributed by atoms with Gasteiger partial charge in [0.2, 0.25) is 5.91 Å². The van der Waals surface area contributed by atoms with E-state index in [1.54, 1.807) is 52.3 Å². The summed E-state index contributed by atoms with van der Waals surface area (Å²) in [5, 5.41) is 0. The van der Waals surface area contributed by atoms with Gasteiger partial charge in [-0.3, -0.25) is 9.59 Å². The van der Waals surface area contributed by atoms with Crippen LogP contribution >= 0.6 is 11.8 Å². The maximum absolute atomic E-state index is 12.6. The second-order valence-electron chi connectivity index (χ2n) is 6.80. The predicted octanol–water partition coefficient (Wildman–Crippen LogP) is 3.07. The third-order valence-electron chi connectivity index (χ3n) is 4.23. The predicted molar refractivity (Wildman–Crippen MR) is 114 cm³/mol. The molecule has 0 saturated carbocycles. The van der Waals surface area contributed by atoms with Crippen LogP contribution in [0.25, 0.3) is 0 Å². The smallest absolute Gasteiger partial charge is 0.340 e. The molecule has 0 aromatic heterocycles. The number of hydrogen-bond acceptors (Lipinski definition) is 5. The average molecular weight is 415 g/mol. The van der Waals surface area contributed by atoms with E-state index in [1.165, 1.54) is 21.6 Å². The molecule has 6 nitrogen and oxygen atoms in total. The first kappa shape index (κ1) is 22.5. The van der Waals surface area contributed by atoms with Gasteiger partial charge in [-0.2, -0.15) is 0 Å². The fourth-order valence-electron chi connectivity index (χ4n) is 2.55. The van der Waals surface area contributed by atoms with Gasteiger partial charge in [0.1, 0.15) is 0 Å². The van der Waals surface area contributed by atoms with Crippen LogP contribution in [0.4, 0.5) is 0 Å². The number of rotatable bonds is 8. The van der Waals surface area contributed by atoms with E-state index in [-0.39, 0.29) is 17.6 Å². The van der Waals surface area contributed by atoms with Crippen molar-refractivity contribution in [3.8, 4) is 0 Å². The molecule has 0 bridgehead atoms. The minimum atomic E-state index is -0.919. The number of nitrogens with zero attached hydrogens (tertiary/aromatic N) is 2. The van der Waals surface area contributed by atoms with Gasteiger partial charge in [-0.1, -0.05) is 42.5 Å². The van der Waals surface area contributed by atoms with Crippen molar-refractivity contribution in [2.24, 2.45) is 0 Å². The quantitative estimate of drug-likeness (QED) is 0.491. The van der Waals surface area contributed by atoms with Gasteiger partial charge in [-0.15, -0.1) is 11.8 Å². The van der Waals surface area contributed by atoms with E-state index in [4.69, 9.17) is 4.74 Å². The van der Waals surface area contributed by atoms with Gasteiger partial charge in [-0.25, -0.2) is 4.79 Å². The van der Waals surface area contributed by atoms with Crippen LogP contribution in [0.15, 0.2) is 59.5 Å². The molecular formula is C22H26N2O4S. The van der Waals surface area contributed by atoms with Crippen LogP contribution in [0.3, 0.4) is 0 Å². The topological polar surface area (TPSA) is 66.9 Å². The molecule has 0 aliphatic heterocycles. The lowest BCUT2D eigenvalue weighted by Gasteiger charge is -2.22. The Kier molecular flexibility index (Phi) is 8.27. The molecule has 0 heterocycles. The van der Waals surface area contributed by atoms with Crippen molar-refractivity contribution in [1.29, 1.82) is 0 Å². The summed E-state index contributed by atoms with van der Waals surface area (Å²) in [5.41, 5.74) is 1.34. The molecule has 0 aliphatic rings. The van der Waals surface area contributed by atoms with Crippen LogP contribution in [0, 0.1) is 0 Å². The number of benzene rings is 2. The first-order valence-electron chi connectivity index (χ1n) is 9.21. The van der Waals surface area contributed by atoms with Crippen molar-refractivity contribution >= 4 is 29.5 Å². The Bertz CT molecular complexity index is 855. The van der Waals surface area contributed by atoms with E-state index in [9.17, 15) is 14.4 Å². The highest BCUT2D eigenvalue weighted by Gasteiger charge is 2.24. The Morgan fingerprint density at radius 1 is 0.966 bits per heavy atom. The third-order valence-corrected chi connectivity index (χ3v) is 5.29. The minimum Gasteiger partial charge on any atom is -0.449 e. The van der Waals surface area contributed by atoms with Crippen LogP contribution in [0.1, 0.15) is 22.8 Å². The number of thioether (sulfide) groups is 1. The number of esters is 1. The van der Waals surface area contributed by atoms with Crippen molar-refractivity contribution in [2.45, 2.75) is 24.5 Å². The van der Waals surface area contributed by atoms with Gasteiger partial charge in [0.25, 0.3) is 5.91 Å². The van der Waals surface area contributed by atoms with Crippen LogP contribution in [0.5, 0.6) is 0 Å². The molecule has 0 aliphatic carbocycles. The number of ether oxygens (including phenoxy) is 1. The first-order valence-corrected chi connectivity index (χ1v) is 10.2. The van der Waals surface area contributed by atoms with Gasteiger partial charge in [0.15, 0.2) is 6.10 Å². The van der Waals surface area contributed by atoms with Gasteiger partial charge >= 0.3 is 5.97 Å². The summed E-state index contributed by atoms with van der Waals surface area (Å²) in [5.74, 6) is -0.704. The average Bonchev–Trinajstić information content (AvgIpc) is 2.72. The van der Waals surface area contributed by atoms with Crippen molar-refractivity contribution in [1.82, 2.24) is 9.80 Å². The first-order chi connectivity index (χ1) is 13.8. The highest BCUT2D eigenvalue weighted by Crippen LogP contribution is 2.24. The molecule has 0 spiro atoms. The summed E-state index contributed by atoms with van der Waals surface area (Å²) in [6.07, 6.45) is -0.919. The van der Waals surface area contributed by atoms with E-state index in [2.05, 4.69) is 0 Å². The highest BCUT2D eigenvalue weighted by atomic mass is 32.2. The molecule has 0 unspecified atom stereocenters. The molecule has 2 rings (SSSR count). The summed E-state index contributed by atoms with van der Waals surface area (Å²) in [6, 6.07) is 16.5. The fraction of sp³-hybridized carbons (Fsp3) is 0.318. The van der Waals surface area contributed by atoms with E-state index in [0.717, 1.165) is 5.56 Å². The molecule has 2 aromatic rings. The molecule has 29 heavy (non-hydrogen) atoms. The van der Waals surface area contributed by atoms with E-state index < -0.39 is 12.1 Å². The maximum atomic E-state index is 12.6. The number of likely N-dealkylation sites (N-methyl/N-ethyl adjacent to an activating group) is 1. The lowest BCUT2D eigenvalue weighted by molar-refractivity contribution is -0.139. The summed E-state index contributed by atoms with van der Waals surface area (Å²) in [6.45, 7) is 1.99. The van der Waals surface area contributed by atoms with Crippen LogP contribution in [-0.4, -0.2) is 60.6 Å². The largest absolute Gasteiger partial charge is 0.449 e. The van der Waals surface area contributed by atoms with Crippen LogP contribution in [0.2, 0.25) is 0 Å². The standard InChI is InChI=1S/C22H26N2O4S/c1-16(21(26)24(4)14-17-10-6-5-7-11-17)28-22(27)18-12-8-9-13-19(18)29-15-20(25)23(2)3/h5-13,16H,14-15H2,1-4H3/t16-/m1/s1. The highest BCUT2D eigenvalue weighted by molar-refractivity contribution is 8.00. The zero-order valence-corrected chi connectivity index (χ0v) is 17.9. The number of carbonyl (C=O) groups excluding carboxylic acids is 3. The monoisotopic (exact) mass is 414 g/mol. The number of carbonyl (C=O) groups is 3. The zero-order chi connectivity index (χ0) is 21.4. The molecule has 0 N–H and O–H groups in total. The fourth-order valence-corrected chi connectivity index (χ4v) is 3.57. The van der Waals surface area contributed by atoms with Crippen molar-refractivity contribution in [3.63, 3.8) is 0 Å². The van der Waals surface area contributed by atoms with Gasteiger partial charge in [0, 0.05) is 32.6 Å². The molecule has 1 atom stereocenters. The molecule has 0 fully saturated rings. The molecule has 2 amide bonds. The molecule has 0 saturated heterocycles. The lowest BCUT2D eigenvalue weighted by Crippen LogP contribution is -2.37. The van der Waals surface area contributed by atoms with Crippen molar-refractivity contribution < 1.29 is 19.1 Å². The molecule has 7 heteroatoms.